The highest BCUT2D eigenvalue weighted by Crippen LogP contribution is 2.32. The number of carbonyl (C=O) groups is 1. The van der Waals surface area contributed by atoms with Crippen molar-refractivity contribution < 1.29 is 4.79 Å². The fourth-order valence-corrected chi connectivity index (χ4v) is 1.62. The molecule has 1 atom stereocenters. The number of carbonyl (C=O) groups excluding carboxylic acids is 1. The van der Waals surface area contributed by atoms with Crippen LogP contribution in [-0.4, -0.2) is 21.3 Å². The molecular formula is C10H8N8O. The third-order valence-electron chi connectivity index (χ3n) is 2.54. The second-order valence-corrected chi connectivity index (χ2v) is 3.71. The quantitative estimate of drug-likeness (QED) is 0.803. The summed E-state index contributed by atoms with van der Waals surface area (Å²) in [4.78, 5) is 12.0. The van der Waals surface area contributed by atoms with E-state index >= 15 is 0 Å². The summed E-state index contributed by atoms with van der Waals surface area (Å²) in [5, 5.41) is 24.9. The van der Waals surface area contributed by atoms with Gasteiger partial charge in [-0.1, -0.05) is 35.6 Å². The van der Waals surface area contributed by atoms with Gasteiger partial charge in [-0.2, -0.15) is 10.3 Å². The SMILES string of the molecule is O=C1NN=NC1(N=Nc1cn[nH]n1)c1ccccc1. The molecule has 3 rings (SSSR count). The zero-order valence-electron chi connectivity index (χ0n) is 9.56. The summed E-state index contributed by atoms with van der Waals surface area (Å²) in [6.45, 7) is 0. The maximum atomic E-state index is 12.0. The van der Waals surface area contributed by atoms with E-state index in [0.717, 1.165) is 0 Å². The number of aromatic amines is 1. The fourth-order valence-electron chi connectivity index (χ4n) is 1.62. The highest BCUT2D eigenvalue weighted by Gasteiger charge is 2.45. The van der Waals surface area contributed by atoms with Crippen LogP contribution in [0.4, 0.5) is 5.82 Å². The standard InChI is InChI=1S/C10H8N8O/c19-9-10(16-18-14-9,7-4-2-1-3-5-7)15-12-8-6-11-17-13-8/h1-6H,(H,11,13,17)(H,14,16,19). The molecule has 2 aromatic rings. The zero-order chi connectivity index (χ0) is 13.1. The lowest BCUT2D eigenvalue weighted by molar-refractivity contribution is -0.124. The lowest BCUT2D eigenvalue weighted by Gasteiger charge is -2.15. The van der Waals surface area contributed by atoms with Crippen molar-refractivity contribution in [2.45, 2.75) is 5.66 Å². The van der Waals surface area contributed by atoms with Gasteiger partial charge in [0, 0.05) is 5.56 Å². The summed E-state index contributed by atoms with van der Waals surface area (Å²) < 4.78 is 0. The Morgan fingerprint density at radius 3 is 2.68 bits per heavy atom. The summed E-state index contributed by atoms with van der Waals surface area (Å²) in [5.74, 6) is -0.212. The minimum absolute atomic E-state index is 0.255. The summed E-state index contributed by atoms with van der Waals surface area (Å²) >= 11 is 0. The van der Waals surface area contributed by atoms with Gasteiger partial charge in [0.15, 0.2) is 0 Å². The first-order valence-electron chi connectivity index (χ1n) is 5.38. The number of rotatable bonds is 3. The third-order valence-corrected chi connectivity index (χ3v) is 2.54. The molecule has 1 amide bonds. The molecule has 0 spiro atoms. The van der Waals surface area contributed by atoms with E-state index in [4.69, 9.17) is 0 Å². The van der Waals surface area contributed by atoms with Crippen LogP contribution < -0.4 is 5.43 Å². The van der Waals surface area contributed by atoms with Gasteiger partial charge < -0.3 is 0 Å². The second kappa shape index (κ2) is 4.37. The highest BCUT2D eigenvalue weighted by molar-refractivity contribution is 5.88. The van der Waals surface area contributed by atoms with Crippen molar-refractivity contribution in [1.29, 1.82) is 0 Å². The molecule has 94 valence electrons. The largest absolute Gasteiger partial charge is 0.300 e. The van der Waals surface area contributed by atoms with Crippen molar-refractivity contribution in [2.24, 2.45) is 20.6 Å². The molecule has 2 N–H and O–H groups in total. The number of azo groups is 1. The number of nitrogens with zero attached hydrogens (tertiary/aromatic N) is 6. The molecule has 0 saturated carbocycles. The van der Waals surface area contributed by atoms with Crippen LogP contribution in [0.3, 0.4) is 0 Å². The average molecular weight is 256 g/mol. The van der Waals surface area contributed by atoms with Crippen LogP contribution in [0.15, 0.2) is 57.1 Å². The molecule has 1 aromatic carbocycles. The first kappa shape index (κ1) is 11.1. The fraction of sp³-hybridized carbons (Fsp3) is 0.100. The first-order chi connectivity index (χ1) is 9.31. The molecule has 0 aliphatic carbocycles. The predicted octanol–water partition coefficient (Wildman–Crippen LogP) is 1.24. The third kappa shape index (κ3) is 1.86. The van der Waals surface area contributed by atoms with E-state index in [1.54, 1.807) is 24.3 Å². The molecule has 1 aliphatic rings. The Bertz CT molecular complexity index is 635. The lowest BCUT2D eigenvalue weighted by Crippen LogP contribution is -2.33. The molecule has 19 heavy (non-hydrogen) atoms. The van der Waals surface area contributed by atoms with E-state index in [0.29, 0.717) is 5.56 Å². The summed E-state index contributed by atoms with van der Waals surface area (Å²) in [6.07, 6.45) is 1.38. The Balaban J connectivity index is 2.04. The molecule has 1 unspecified atom stereocenters. The van der Waals surface area contributed by atoms with E-state index in [1.165, 1.54) is 6.20 Å². The molecule has 0 fully saturated rings. The van der Waals surface area contributed by atoms with Gasteiger partial charge in [0.25, 0.3) is 11.6 Å². The van der Waals surface area contributed by atoms with Gasteiger partial charge in [0.2, 0.25) is 5.82 Å². The number of hydrogen-bond acceptors (Lipinski definition) is 7. The van der Waals surface area contributed by atoms with Crippen LogP contribution in [0.1, 0.15) is 5.56 Å². The van der Waals surface area contributed by atoms with Crippen molar-refractivity contribution in [3.05, 3.63) is 42.1 Å². The molecule has 0 saturated heterocycles. The Hall–Kier alpha value is -2.97. The van der Waals surface area contributed by atoms with E-state index in [1.807, 2.05) is 6.07 Å². The first-order valence-corrected chi connectivity index (χ1v) is 5.38. The van der Waals surface area contributed by atoms with Crippen molar-refractivity contribution in [3.63, 3.8) is 0 Å². The van der Waals surface area contributed by atoms with Crippen LogP contribution in [0, 0.1) is 0 Å². The molecule has 1 aliphatic heterocycles. The van der Waals surface area contributed by atoms with Gasteiger partial charge >= 0.3 is 0 Å². The van der Waals surface area contributed by atoms with E-state index in [9.17, 15) is 4.79 Å². The second-order valence-electron chi connectivity index (χ2n) is 3.71. The molecule has 9 heteroatoms. The normalized spacial score (nSPS) is 22.0. The lowest BCUT2D eigenvalue weighted by atomic mass is 10.0. The summed E-state index contributed by atoms with van der Waals surface area (Å²) in [7, 11) is 0. The number of H-pyrrole nitrogens is 1. The van der Waals surface area contributed by atoms with Gasteiger partial charge in [0.1, 0.15) is 0 Å². The molecule has 1 aromatic heterocycles. The molecular weight excluding hydrogens is 248 g/mol. The Kier molecular flexibility index (Phi) is 2.56. The van der Waals surface area contributed by atoms with Gasteiger partial charge in [0.05, 0.1) is 6.20 Å². The van der Waals surface area contributed by atoms with E-state index < -0.39 is 11.6 Å². The van der Waals surface area contributed by atoms with Gasteiger partial charge in [-0.25, -0.2) is 5.43 Å². The molecule has 0 bridgehead atoms. The monoisotopic (exact) mass is 256 g/mol. The highest BCUT2D eigenvalue weighted by atomic mass is 16.2. The summed E-state index contributed by atoms with van der Waals surface area (Å²) in [6, 6.07) is 8.85. The van der Waals surface area contributed by atoms with Crippen molar-refractivity contribution in [3.8, 4) is 0 Å². The van der Waals surface area contributed by atoms with Crippen LogP contribution in [0.25, 0.3) is 0 Å². The topological polar surface area (TPSA) is 120 Å². The summed E-state index contributed by atoms with van der Waals surface area (Å²) in [5.41, 5.74) is 1.33. The Morgan fingerprint density at radius 2 is 2.05 bits per heavy atom. The molecule has 9 nitrogen and oxygen atoms in total. The van der Waals surface area contributed by atoms with Crippen LogP contribution in [-0.2, 0) is 10.5 Å². The Labute approximate surface area is 106 Å². The van der Waals surface area contributed by atoms with E-state index in [2.05, 4.69) is 41.4 Å². The van der Waals surface area contributed by atoms with E-state index in [-0.39, 0.29) is 5.82 Å². The van der Waals surface area contributed by atoms with Crippen molar-refractivity contribution in [1.82, 2.24) is 20.8 Å². The number of amides is 1. The minimum Gasteiger partial charge on any atom is -0.267 e. The number of hydrogen-bond donors (Lipinski definition) is 2. The van der Waals surface area contributed by atoms with Crippen LogP contribution in [0.5, 0.6) is 0 Å². The predicted molar refractivity (Wildman–Crippen MR) is 62.0 cm³/mol. The number of aromatic nitrogens is 3. The van der Waals surface area contributed by atoms with Gasteiger partial charge in [-0.3, -0.25) is 4.79 Å². The van der Waals surface area contributed by atoms with Gasteiger partial charge in [-0.15, -0.1) is 20.4 Å². The minimum atomic E-state index is -1.50. The maximum absolute atomic E-state index is 12.0. The van der Waals surface area contributed by atoms with Crippen molar-refractivity contribution in [2.75, 3.05) is 0 Å². The van der Waals surface area contributed by atoms with Gasteiger partial charge in [-0.05, 0) is 0 Å². The molecule has 0 radical (unpaired) electrons. The Morgan fingerprint density at radius 1 is 1.21 bits per heavy atom. The zero-order valence-corrected chi connectivity index (χ0v) is 9.56. The maximum Gasteiger partial charge on any atom is 0.300 e. The average Bonchev–Trinajstić information content (AvgIpc) is 3.08. The van der Waals surface area contributed by atoms with Crippen LogP contribution >= 0.6 is 0 Å². The smallest absolute Gasteiger partial charge is 0.267 e. The van der Waals surface area contributed by atoms with Crippen LogP contribution in [0.2, 0.25) is 0 Å². The van der Waals surface area contributed by atoms with Crippen molar-refractivity contribution >= 4 is 11.7 Å². The number of benzene rings is 1. The number of nitrogens with one attached hydrogen (secondary N) is 2. The molecule has 2 heterocycles.